The van der Waals surface area contributed by atoms with Gasteiger partial charge in [0.1, 0.15) is 10.8 Å². The SMILES string of the molecule is CCNCc1nnc(-c2ccc(Br)cc2OC)s1. The molecule has 0 spiro atoms. The van der Waals surface area contributed by atoms with E-state index in [1.54, 1.807) is 18.4 Å². The Balaban J connectivity index is 2.28. The molecule has 1 aromatic heterocycles. The number of ether oxygens (including phenoxy) is 1. The molecule has 0 saturated heterocycles. The Morgan fingerprint density at radius 3 is 2.94 bits per heavy atom. The highest BCUT2D eigenvalue weighted by Gasteiger charge is 2.11. The number of hydrogen-bond acceptors (Lipinski definition) is 5. The van der Waals surface area contributed by atoms with E-state index in [1.165, 1.54) is 0 Å². The van der Waals surface area contributed by atoms with E-state index in [9.17, 15) is 0 Å². The molecule has 2 rings (SSSR count). The topological polar surface area (TPSA) is 47.0 Å². The van der Waals surface area contributed by atoms with Crippen LogP contribution in [0.25, 0.3) is 10.6 Å². The lowest BCUT2D eigenvalue weighted by atomic mass is 10.2. The second kappa shape index (κ2) is 6.26. The summed E-state index contributed by atoms with van der Waals surface area (Å²) < 4.78 is 6.35. The van der Waals surface area contributed by atoms with Gasteiger partial charge < -0.3 is 10.1 Å². The van der Waals surface area contributed by atoms with Gasteiger partial charge in [-0.2, -0.15) is 0 Å². The number of benzene rings is 1. The lowest BCUT2D eigenvalue weighted by Crippen LogP contribution is -2.11. The van der Waals surface area contributed by atoms with Crippen LogP contribution in [0.2, 0.25) is 0 Å². The van der Waals surface area contributed by atoms with Crippen LogP contribution in [0, 0.1) is 0 Å². The minimum Gasteiger partial charge on any atom is -0.496 e. The summed E-state index contributed by atoms with van der Waals surface area (Å²) in [6.07, 6.45) is 0. The summed E-state index contributed by atoms with van der Waals surface area (Å²) >= 11 is 5.01. The highest BCUT2D eigenvalue weighted by Crippen LogP contribution is 2.34. The number of nitrogens with zero attached hydrogens (tertiary/aromatic N) is 2. The molecule has 0 aliphatic rings. The first kappa shape index (κ1) is 13.5. The van der Waals surface area contributed by atoms with Crippen LogP contribution in [0.1, 0.15) is 11.9 Å². The summed E-state index contributed by atoms with van der Waals surface area (Å²) in [5.74, 6) is 0.801. The number of hydrogen-bond donors (Lipinski definition) is 1. The lowest BCUT2D eigenvalue weighted by Gasteiger charge is -2.05. The Bertz CT molecular complexity index is 530. The fraction of sp³-hybridized carbons (Fsp3) is 0.333. The van der Waals surface area contributed by atoms with Gasteiger partial charge in [0.25, 0.3) is 0 Å². The normalized spacial score (nSPS) is 10.6. The maximum absolute atomic E-state index is 5.36. The van der Waals surface area contributed by atoms with Gasteiger partial charge in [-0.25, -0.2) is 0 Å². The zero-order valence-corrected chi connectivity index (χ0v) is 12.6. The summed E-state index contributed by atoms with van der Waals surface area (Å²) in [5.41, 5.74) is 0.973. The predicted molar refractivity (Wildman–Crippen MR) is 77.0 cm³/mol. The van der Waals surface area contributed by atoms with Crippen molar-refractivity contribution in [3.63, 3.8) is 0 Å². The largest absolute Gasteiger partial charge is 0.496 e. The molecule has 96 valence electrons. The third-order valence-corrected chi connectivity index (χ3v) is 3.84. The maximum atomic E-state index is 5.36. The highest BCUT2D eigenvalue weighted by molar-refractivity contribution is 9.10. The molecule has 6 heteroatoms. The van der Waals surface area contributed by atoms with E-state index in [1.807, 2.05) is 18.2 Å². The molecule has 18 heavy (non-hydrogen) atoms. The Hall–Kier alpha value is -0.980. The molecular weight excluding hydrogens is 314 g/mol. The minimum absolute atomic E-state index is 0.757. The minimum atomic E-state index is 0.757. The average Bonchev–Trinajstić information content (AvgIpc) is 2.84. The van der Waals surface area contributed by atoms with Gasteiger partial charge >= 0.3 is 0 Å². The lowest BCUT2D eigenvalue weighted by molar-refractivity contribution is 0.416. The van der Waals surface area contributed by atoms with E-state index in [0.717, 1.165) is 38.9 Å². The van der Waals surface area contributed by atoms with Gasteiger partial charge in [-0.05, 0) is 24.7 Å². The number of aromatic nitrogens is 2. The van der Waals surface area contributed by atoms with Crippen LogP contribution in [0.15, 0.2) is 22.7 Å². The molecule has 0 radical (unpaired) electrons. The van der Waals surface area contributed by atoms with Crippen molar-refractivity contribution < 1.29 is 4.74 Å². The van der Waals surface area contributed by atoms with Crippen molar-refractivity contribution in [3.8, 4) is 16.3 Å². The Morgan fingerprint density at radius 2 is 2.22 bits per heavy atom. The Morgan fingerprint density at radius 1 is 1.39 bits per heavy atom. The van der Waals surface area contributed by atoms with E-state index in [2.05, 4.69) is 38.4 Å². The van der Waals surface area contributed by atoms with Gasteiger partial charge in [-0.3, -0.25) is 0 Å². The van der Waals surface area contributed by atoms with Gasteiger partial charge in [0.2, 0.25) is 0 Å². The summed E-state index contributed by atoms with van der Waals surface area (Å²) in [7, 11) is 1.66. The monoisotopic (exact) mass is 327 g/mol. The quantitative estimate of drug-likeness (QED) is 0.916. The van der Waals surface area contributed by atoms with Crippen molar-refractivity contribution in [2.75, 3.05) is 13.7 Å². The number of rotatable bonds is 5. The number of halogens is 1. The van der Waals surface area contributed by atoms with E-state index in [0.29, 0.717) is 0 Å². The summed E-state index contributed by atoms with van der Waals surface area (Å²) in [4.78, 5) is 0. The molecule has 0 fully saturated rings. The molecule has 0 aliphatic carbocycles. The Kier molecular flexibility index (Phi) is 4.68. The van der Waals surface area contributed by atoms with E-state index in [4.69, 9.17) is 4.74 Å². The molecule has 0 bridgehead atoms. The van der Waals surface area contributed by atoms with Crippen molar-refractivity contribution in [1.29, 1.82) is 0 Å². The molecule has 4 nitrogen and oxygen atoms in total. The molecule has 1 heterocycles. The number of methoxy groups -OCH3 is 1. The summed E-state index contributed by atoms with van der Waals surface area (Å²) in [6.45, 7) is 3.75. The van der Waals surface area contributed by atoms with Gasteiger partial charge in [0.15, 0.2) is 5.01 Å². The summed E-state index contributed by atoms with van der Waals surface area (Å²) in [5, 5.41) is 13.5. The third-order valence-electron chi connectivity index (χ3n) is 2.39. The van der Waals surface area contributed by atoms with Crippen LogP contribution in [0.5, 0.6) is 5.75 Å². The van der Waals surface area contributed by atoms with Crippen LogP contribution < -0.4 is 10.1 Å². The highest BCUT2D eigenvalue weighted by atomic mass is 79.9. The first-order valence-electron chi connectivity index (χ1n) is 5.61. The van der Waals surface area contributed by atoms with Crippen LogP contribution in [-0.2, 0) is 6.54 Å². The molecule has 1 aromatic carbocycles. The first-order chi connectivity index (χ1) is 8.74. The molecule has 0 amide bonds. The van der Waals surface area contributed by atoms with Crippen molar-refractivity contribution in [2.45, 2.75) is 13.5 Å². The zero-order chi connectivity index (χ0) is 13.0. The zero-order valence-electron chi connectivity index (χ0n) is 10.2. The first-order valence-corrected chi connectivity index (χ1v) is 7.22. The van der Waals surface area contributed by atoms with Crippen LogP contribution in [-0.4, -0.2) is 23.9 Å². The van der Waals surface area contributed by atoms with Crippen molar-refractivity contribution >= 4 is 27.3 Å². The smallest absolute Gasteiger partial charge is 0.151 e. The van der Waals surface area contributed by atoms with Gasteiger partial charge in [0.05, 0.1) is 12.7 Å². The van der Waals surface area contributed by atoms with Gasteiger partial charge in [0, 0.05) is 11.0 Å². The van der Waals surface area contributed by atoms with Crippen molar-refractivity contribution in [3.05, 3.63) is 27.7 Å². The van der Waals surface area contributed by atoms with E-state index in [-0.39, 0.29) is 0 Å². The number of nitrogens with one attached hydrogen (secondary N) is 1. The van der Waals surface area contributed by atoms with E-state index >= 15 is 0 Å². The molecule has 0 unspecified atom stereocenters. The molecule has 1 N–H and O–H groups in total. The summed E-state index contributed by atoms with van der Waals surface area (Å²) in [6, 6.07) is 5.89. The second-order valence-corrected chi connectivity index (χ2v) is 5.60. The molecule has 2 aromatic rings. The predicted octanol–water partition coefficient (Wildman–Crippen LogP) is 3.09. The fourth-order valence-electron chi connectivity index (χ4n) is 1.51. The second-order valence-electron chi connectivity index (χ2n) is 3.63. The third kappa shape index (κ3) is 3.07. The molecule has 0 atom stereocenters. The maximum Gasteiger partial charge on any atom is 0.151 e. The van der Waals surface area contributed by atoms with Gasteiger partial charge in [-0.1, -0.05) is 34.2 Å². The van der Waals surface area contributed by atoms with Crippen LogP contribution in [0.4, 0.5) is 0 Å². The van der Waals surface area contributed by atoms with Crippen LogP contribution >= 0.6 is 27.3 Å². The van der Waals surface area contributed by atoms with Gasteiger partial charge in [-0.15, -0.1) is 10.2 Å². The molecule has 0 saturated carbocycles. The fourth-order valence-corrected chi connectivity index (χ4v) is 2.69. The average molecular weight is 328 g/mol. The molecule has 0 aliphatic heterocycles. The molecular formula is C12H14BrN3OS. The van der Waals surface area contributed by atoms with Crippen molar-refractivity contribution in [1.82, 2.24) is 15.5 Å². The van der Waals surface area contributed by atoms with Crippen molar-refractivity contribution in [2.24, 2.45) is 0 Å². The van der Waals surface area contributed by atoms with E-state index < -0.39 is 0 Å². The standard InChI is InChI=1S/C12H14BrN3OS/c1-3-14-7-11-15-16-12(18-11)9-5-4-8(13)6-10(9)17-2/h4-6,14H,3,7H2,1-2H3. The van der Waals surface area contributed by atoms with Crippen LogP contribution in [0.3, 0.4) is 0 Å². The Labute approximate surface area is 119 Å².